The van der Waals surface area contributed by atoms with Crippen LogP contribution in [-0.2, 0) is 0 Å². The van der Waals surface area contributed by atoms with Gasteiger partial charge in [0.2, 0.25) is 0 Å². The molecule has 0 aliphatic carbocycles. The van der Waals surface area contributed by atoms with E-state index in [-0.39, 0.29) is 9.52 Å². The Kier molecular flexibility index (Phi) is 3.51. The Morgan fingerprint density at radius 3 is 2.14 bits per heavy atom. The molecule has 0 saturated carbocycles. The van der Waals surface area contributed by atoms with E-state index >= 15 is 0 Å². The third-order valence-electron chi connectivity index (χ3n) is 3.35. The molecule has 2 rings (SSSR count). The molecular formula is C11H22N2Si. The summed E-state index contributed by atoms with van der Waals surface area (Å²) in [5, 5.41) is 1.70. The summed E-state index contributed by atoms with van der Waals surface area (Å²) in [6.07, 6.45) is 8.09. The van der Waals surface area contributed by atoms with Gasteiger partial charge < -0.3 is 9.80 Å². The van der Waals surface area contributed by atoms with Gasteiger partial charge in [-0.25, -0.2) is 0 Å². The van der Waals surface area contributed by atoms with E-state index < -0.39 is 0 Å². The fourth-order valence-corrected chi connectivity index (χ4v) is 3.69. The minimum atomic E-state index is 0.0103. The van der Waals surface area contributed by atoms with Gasteiger partial charge in [0.25, 0.3) is 0 Å². The Morgan fingerprint density at radius 2 is 1.57 bits per heavy atom. The van der Waals surface area contributed by atoms with Crippen molar-refractivity contribution in [2.75, 3.05) is 26.2 Å². The Bertz CT molecular complexity index is 203. The second-order valence-corrected chi connectivity index (χ2v) is 5.84. The normalized spacial score (nSPS) is 24.5. The fourth-order valence-electron chi connectivity index (χ4n) is 2.48. The quantitative estimate of drug-likeness (QED) is 0.646. The highest BCUT2D eigenvalue weighted by Gasteiger charge is 2.15. The lowest BCUT2D eigenvalue weighted by Gasteiger charge is -2.23. The van der Waals surface area contributed by atoms with Crippen LogP contribution in [0, 0.1) is 0 Å². The largest absolute Gasteiger partial charge is 0.378 e. The molecule has 0 spiro atoms. The molecule has 0 radical (unpaired) electrons. The van der Waals surface area contributed by atoms with Crippen LogP contribution in [0.15, 0.2) is 11.5 Å². The molecule has 0 atom stereocenters. The summed E-state index contributed by atoms with van der Waals surface area (Å²) < 4.78 is 0. The van der Waals surface area contributed by atoms with Crippen molar-refractivity contribution < 1.29 is 0 Å². The number of rotatable bonds is 3. The smallest absolute Gasteiger partial charge is 0.0741 e. The molecule has 0 N–H and O–H groups in total. The number of hydrogen-bond acceptors (Lipinski definition) is 2. The van der Waals surface area contributed by atoms with Crippen molar-refractivity contribution in [1.82, 2.24) is 9.80 Å². The zero-order valence-corrected chi connectivity index (χ0v) is 10.7. The van der Waals surface area contributed by atoms with Crippen LogP contribution < -0.4 is 0 Å². The fraction of sp³-hybridized carbons (Fsp3) is 0.818. The van der Waals surface area contributed by atoms with Crippen molar-refractivity contribution in [3.05, 3.63) is 11.5 Å². The lowest BCUT2D eigenvalue weighted by Crippen LogP contribution is -2.25. The van der Waals surface area contributed by atoms with E-state index in [4.69, 9.17) is 0 Å². The topological polar surface area (TPSA) is 6.48 Å². The molecule has 2 nitrogen and oxygen atoms in total. The zero-order chi connectivity index (χ0) is 9.80. The van der Waals surface area contributed by atoms with Crippen LogP contribution in [-0.4, -0.2) is 45.5 Å². The minimum absolute atomic E-state index is 0.0103. The highest BCUT2D eigenvalue weighted by Crippen LogP contribution is 2.16. The first-order chi connectivity index (χ1) is 6.90. The molecule has 2 saturated heterocycles. The average Bonchev–Trinajstić information content (AvgIpc) is 2.86. The highest BCUT2D eigenvalue weighted by atomic mass is 28.2. The van der Waals surface area contributed by atoms with Gasteiger partial charge in [0.15, 0.2) is 0 Å². The zero-order valence-electron chi connectivity index (χ0n) is 9.34. The van der Waals surface area contributed by atoms with E-state index in [1.54, 1.807) is 5.32 Å². The van der Waals surface area contributed by atoms with Crippen molar-refractivity contribution >= 4 is 9.52 Å². The molecule has 2 aliphatic rings. The Hall–Kier alpha value is -0.443. The lowest BCUT2D eigenvalue weighted by atomic mass is 10.4. The van der Waals surface area contributed by atoms with Crippen molar-refractivity contribution in [2.45, 2.75) is 32.2 Å². The van der Waals surface area contributed by atoms with Crippen LogP contribution in [0.25, 0.3) is 0 Å². The van der Waals surface area contributed by atoms with Gasteiger partial charge >= 0.3 is 0 Å². The molecule has 0 aromatic heterocycles. The Morgan fingerprint density at radius 1 is 1.00 bits per heavy atom. The predicted octanol–water partition coefficient (Wildman–Crippen LogP) is 1.19. The van der Waals surface area contributed by atoms with Gasteiger partial charge in [0.1, 0.15) is 0 Å². The standard InChI is InChI=1S/C11H22N2Si/c1-14-11(13-8-4-5-9-13)10-12-6-2-3-7-12/h10H,2-9,14H2,1H3. The Balaban J connectivity index is 1.95. The third kappa shape index (κ3) is 2.32. The molecule has 0 unspecified atom stereocenters. The second-order valence-electron chi connectivity index (χ2n) is 4.41. The summed E-state index contributed by atoms with van der Waals surface area (Å²) >= 11 is 0. The first-order valence-electron chi connectivity index (χ1n) is 6.10. The third-order valence-corrected chi connectivity index (χ3v) is 4.70. The van der Waals surface area contributed by atoms with Gasteiger partial charge in [-0.2, -0.15) is 0 Å². The molecule has 0 amide bonds. The summed E-state index contributed by atoms with van der Waals surface area (Å²) in [5.41, 5.74) is 0. The lowest BCUT2D eigenvalue weighted by molar-refractivity contribution is 0.412. The highest BCUT2D eigenvalue weighted by molar-refractivity contribution is 6.43. The van der Waals surface area contributed by atoms with Crippen LogP contribution in [0.4, 0.5) is 0 Å². The molecule has 0 aromatic rings. The molecule has 80 valence electrons. The van der Waals surface area contributed by atoms with E-state index in [9.17, 15) is 0 Å². The number of nitrogens with zero attached hydrogens (tertiary/aromatic N) is 2. The molecule has 3 heteroatoms. The molecule has 0 bridgehead atoms. The number of hydrogen-bond donors (Lipinski definition) is 0. The van der Waals surface area contributed by atoms with Gasteiger partial charge in [0, 0.05) is 37.7 Å². The summed E-state index contributed by atoms with van der Waals surface area (Å²) in [5.74, 6) is 0. The van der Waals surface area contributed by atoms with Crippen molar-refractivity contribution in [3.63, 3.8) is 0 Å². The maximum atomic E-state index is 2.63. The van der Waals surface area contributed by atoms with Gasteiger partial charge in [-0.15, -0.1) is 0 Å². The summed E-state index contributed by atoms with van der Waals surface area (Å²) in [7, 11) is 0.0103. The summed E-state index contributed by atoms with van der Waals surface area (Å²) in [6.45, 7) is 7.65. The van der Waals surface area contributed by atoms with Gasteiger partial charge in [-0.05, 0) is 25.7 Å². The van der Waals surface area contributed by atoms with Crippen LogP contribution >= 0.6 is 0 Å². The van der Waals surface area contributed by atoms with E-state index in [2.05, 4.69) is 22.5 Å². The van der Waals surface area contributed by atoms with Gasteiger partial charge in [-0.3, -0.25) is 0 Å². The predicted molar refractivity (Wildman–Crippen MR) is 64.1 cm³/mol. The first-order valence-corrected chi connectivity index (χ1v) is 8.22. The Labute approximate surface area is 89.8 Å². The minimum Gasteiger partial charge on any atom is -0.378 e. The monoisotopic (exact) mass is 210 g/mol. The molecule has 2 aliphatic heterocycles. The van der Waals surface area contributed by atoms with Crippen LogP contribution in [0.5, 0.6) is 0 Å². The van der Waals surface area contributed by atoms with Crippen LogP contribution in [0.1, 0.15) is 25.7 Å². The summed E-state index contributed by atoms with van der Waals surface area (Å²) in [4.78, 5) is 5.16. The van der Waals surface area contributed by atoms with Crippen molar-refractivity contribution in [1.29, 1.82) is 0 Å². The first kappa shape index (κ1) is 10.1. The van der Waals surface area contributed by atoms with Crippen LogP contribution in [0.2, 0.25) is 6.55 Å². The maximum absolute atomic E-state index is 2.63. The van der Waals surface area contributed by atoms with E-state index in [0.717, 1.165) is 0 Å². The van der Waals surface area contributed by atoms with Crippen molar-refractivity contribution in [2.24, 2.45) is 0 Å². The SMILES string of the molecule is C[SiH2]C(=CN1CCCC1)N1CCCC1. The molecular weight excluding hydrogens is 188 g/mol. The van der Waals surface area contributed by atoms with Gasteiger partial charge in [-0.1, -0.05) is 6.55 Å². The molecule has 0 aromatic carbocycles. The summed E-state index contributed by atoms with van der Waals surface area (Å²) in [6, 6.07) is 0. The molecule has 2 fully saturated rings. The molecule has 2 heterocycles. The van der Waals surface area contributed by atoms with E-state index in [1.807, 2.05) is 0 Å². The second kappa shape index (κ2) is 4.87. The van der Waals surface area contributed by atoms with Crippen molar-refractivity contribution in [3.8, 4) is 0 Å². The maximum Gasteiger partial charge on any atom is 0.0741 e. The molecule has 14 heavy (non-hydrogen) atoms. The number of likely N-dealkylation sites (tertiary alicyclic amines) is 2. The van der Waals surface area contributed by atoms with Crippen LogP contribution in [0.3, 0.4) is 0 Å². The van der Waals surface area contributed by atoms with E-state index in [0.29, 0.717) is 0 Å². The van der Waals surface area contributed by atoms with E-state index in [1.165, 1.54) is 51.9 Å². The van der Waals surface area contributed by atoms with Gasteiger partial charge in [0.05, 0.1) is 9.52 Å². The average molecular weight is 210 g/mol.